The van der Waals surface area contributed by atoms with Gasteiger partial charge in [0.1, 0.15) is 5.69 Å². The minimum atomic E-state index is -4.83. The van der Waals surface area contributed by atoms with Gasteiger partial charge in [-0.25, -0.2) is 0 Å². The lowest BCUT2D eigenvalue weighted by atomic mass is 9.82. The highest BCUT2D eigenvalue weighted by molar-refractivity contribution is 5.68. The summed E-state index contributed by atoms with van der Waals surface area (Å²) in [6.07, 6.45) is -2.85. The van der Waals surface area contributed by atoms with Crippen molar-refractivity contribution in [3.63, 3.8) is 0 Å². The van der Waals surface area contributed by atoms with Gasteiger partial charge in [0.25, 0.3) is 0 Å². The van der Waals surface area contributed by atoms with Crippen molar-refractivity contribution in [3.05, 3.63) is 23.1 Å². The summed E-state index contributed by atoms with van der Waals surface area (Å²) in [6.45, 7) is 2.44. The number of hydrogen-bond acceptors (Lipinski definition) is 4. The van der Waals surface area contributed by atoms with Crippen molar-refractivity contribution in [2.75, 3.05) is 0 Å². The van der Waals surface area contributed by atoms with E-state index in [0.717, 1.165) is 5.69 Å². The zero-order valence-electron chi connectivity index (χ0n) is 10.7. The number of rotatable bonds is 1. The van der Waals surface area contributed by atoms with Crippen LogP contribution in [0.15, 0.2) is 10.7 Å². The van der Waals surface area contributed by atoms with Crippen LogP contribution in [-0.4, -0.2) is 26.6 Å². The van der Waals surface area contributed by atoms with Crippen molar-refractivity contribution in [3.8, 4) is 11.3 Å². The molecule has 5 nitrogen and oxygen atoms in total. The highest BCUT2D eigenvalue weighted by Gasteiger charge is 2.55. The van der Waals surface area contributed by atoms with Crippen LogP contribution in [0.4, 0.5) is 13.2 Å². The molecule has 2 N–H and O–H groups in total. The quantitative estimate of drug-likeness (QED) is 0.845. The van der Waals surface area contributed by atoms with Gasteiger partial charge in [-0.1, -0.05) is 12.1 Å². The highest BCUT2D eigenvalue weighted by Crippen LogP contribution is 2.47. The maximum Gasteiger partial charge on any atom is 0.422 e. The molecule has 0 fully saturated rings. The van der Waals surface area contributed by atoms with Gasteiger partial charge < -0.3 is 9.63 Å². The molecule has 2 aromatic heterocycles. The summed E-state index contributed by atoms with van der Waals surface area (Å²) in [7, 11) is 0. The Morgan fingerprint density at radius 2 is 2.15 bits per heavy atom. The summed E-state index contributed by atoms with van der Waals surface area (Å²) in [5.41, 5.74) is -1.84. The van der Waals surface area contributed by atoms with Crippen LogP contribution < -0.4 is 0 Å². The third kappa shape index (κ3) is 1.60. The van der Waals surface area contributed by atoms with Crippen LogP contribution in [0, 0.1) is 0 Å². The summed E-state index contributed by atoms with van der Waals surface area (Å²) < 4.78 is 44.0. The predicted molar refractivity (Wildman–Crippen MR) is 61.8 cm³/mol. The Labute approximate surface area is 111 Å². The Morgan fingerprint density at radius 3 is 2.80 bits per heavy atom. The standard InChI is InChI=1S/C12H12F3N3O2/c1-5-3-7-6(4-16-17-7)9-8(5)10(18-20-9)11(2,19)12(13,14)15/h4-5,19H,3H2,1-2H3,(H,16,17)/t5-,11+/m0/s1. The van der Waals surface area contributed by atoms with Crippen LogP contribution in [0.25, 0.3) is 11.3 Å². The molecule has 20 heavy (non-hydrogen) atoms. The first-order valence-electron chi connectivity index (χ1n) is 6.05. The molecular formula is C12H12F3N3O2. The van der Waals surface area contributed by atoms with Gasteiger partial charge >= 0.3 is 6.18 Å². The number of fused-ring (bicyclic) bond motifs is 3. The molecule has 0 aliphatic heterocycles. The average molecular weight is 287 g/mol. The normalized spacial score (nSPS) is 21.2. The lowest BCUT2D eigenvalue weighted by Gasteiger charge is -2.27. The van der Waals surface area contributed by atoms with Gasteiger partial charge in [0.2, 0.25) is 5.60 Å². The summed E-state index contributed by atoms with van der Waals surface area (Å²) in [4.78, 5) is 0. The van der Waals surface area contributed by atoms with Gasteiger partial charge in [-0.15, -0.1) is 0 Å². The fourth-order valence-electron chi connectivity index (χ4n) is 2.51. The molecule has 2 atom stereocenters. The van der Waals surface area contributed by atoms with Crippen molar-refractivity contribution in [1.82, 2.24) is 15.4 Å². The second kappa shape index (κ2) is 3.85. The topological polar surface area (TPSA) is 74.9 Å². The Hall–Kier alpha value is -1.83. The Balaban J connectivity index is 2.20. The maximum absolute atomic E-state index is 13.0. The highest BCUT2D eigenvalue weighted by atomic mass is 19.4. The smallest absolute Gasteiger partial charge is 0.375 e. The van der Waals surface area contributed by atoms with Gasteiger partial charge in [-0.05, 0) is 19.3 Å². The Morgan fingerprint density at radius 1 is 1.45 bits per heavy atom. The number of aromatic nitrogens is 3. The second-order valence-corrected chi connectivity index (χ2v) is 5.21. The third-order valence-corrected chi connectivity index (χ3v) is 3.71. The number of aromatic amines is 1. The van der Waals surface area contributed by atoms with Crippen LogP contribution in [-0.2, 0) is 12.0 Å². The van der Waals surface area contributed by atoms with E-state index in [1.807, 2.05) is 0 Å². The molecule has 8 heteroatoms. The van der Waals surface area contributed by atoms with E-state index in [1.54, 1.807) is 6.92 Å². The largest absolute Gasteiger partial charge is 0.422 e. The molecule has 3 rings (SSSR count). The van der Waals surface area contributed by atoms with Crippen LogP contribution in [0.5, 0.6) is 0 Å². The minimum absolute atomic E-state index is 0.243. The van der Waals surface area contributed by atoms with E-state index in [9.17, 15) is 18.3 Å². The molecular weight excluding hydrogens is 275 g/mol. The molecule has 0 unspecified atom stereocenters. The Kier molecular flexibility index (Phi) is 2.53. The van der Waals surface area contributed by atoms with E-state index in [2.05, 4.69) is 15.4 Å². The molecule has 0 amide bonds. The van der Waals surface area contributed by atoms with Crippen LogP contribution in [0.2, 0.25) is 0 Å². The third-order valence-electron chi connectivity index (χ3n) is 3.71. The van der Waals surface area contributed by atoms with Crippen molar-refractivity contribution in [2.45, 2.75) is 38.0 Å². The summed E-state index contributed by atoms with van der Waals surface area (Å²) in [5.74, 6) is -0.0138. The van der Waals surface area contributed by atoms with Gasteiger partial charge in [-0.3, -0.25) is 5.10 Å². The number of nitrogens with zero attached hydrogens (tertiary/aromatic N) is 2. The first-order chi connectivity index (χ1) is 9.23. The van der Waals surface area contributed by atoms with E-state index in [4.69, 9.17) is 4.52 Å². The maximum atomic E-state index is 13.0. The van der Waals surface area contributed by atoms with E-state index < -0.39 is 17.5 Å². The molecule has 0 spiro atoms. The summed E-state index contributed by atoms with van der Waals surface area (Å²) >= 11 is 0. The molecule has 0 saturated carbocycles. The molecule has 0 radical (unpaired) electrons. The zero-order chi connectivity index (χ0) is 14.7. The van der Waals surface area contributed by atoms with Gasteiger partial charge in [0, 0.05) is 11.3 Å². The molecule has 0 saturated heterocycles. The summed E-state index contributed by atoms with van der Waals surface area (Å²) in [5, 5.41) is 19.9. The number of halogens is 3. The average Bonchev–Trinajstić information content (AvgIpc) is 2.91. The fraction of sp³-hybridized carbons (Fsp3) is 0.500. The predicted octanol–water partition coefficient (Wildman–Crippen LogP) is 2.49. The van der Waals surface area contributed by atoms with Crippen molar-refractivity contribution in [1.29, 1.82) is 0 Å². The Bertz CT molecular complexity index is 657. The molecule has 0 aromatic carbocycles. The lowest BCUT2D eigenvalue weighted by Crippen LogP contribution is -2.40. The van der Waals surface area contributed by atoms with Crippen molar-refractivity contribution < 1.29 is 22.8 Å². The van der Waals surface area contributed by atoms with E-state index in [0.29, 0.717) is 24.5 Å². The molecule has 0 bridgehead atoms. The monoisotopic (exact) mass is 287 g/mol. The molecule has 108 valence electrons. The zero-order valence-corrected chi connectivity index (χ0v) is 10.7. The van der Waals surface area contributed by atoms with Crippen LogP contribution in [0.3, 0.4) is 0 Å². The minimum Gasteiger partial charge on any atom is -0.375 e. The van der Waals surface area contributed by atoms with Crippen LogP contribution >= 0.6 is 0 Å². The molecule has 2 heterocycles. The number of nitrogens with one attached hydrogen (secondary N) is 1. The number of H-pyrrole nitrogens is 1. The first kappa shape index (κ1) is 13.2. The number of alkyl halides is 3. The van der Waals surface area contributed by atoms with Gasteiger partial charge in [-0.2, -0.15) is 18.3 Å². The first-order valence-corrected chi connectivity index (χ1v) is 6.05. The summed E-state index contributed by atoms with van der Waals surface area (Å²) in [6, 6.07) is 0. The number of hydrogen-bond donors (Lipinski definition) is 2. The van der Waals surface area contributed by atoms with E-state index >= 15 is 0 Å². The number of aliphatic hydroxyl groups is 1. The van der Waals surface area contributed by atoms with E-state index in [-0.39, 0.29) is 11.7 Å². The molecule has 1 aliphatic rings. The van der Waals surface area contributed by atoms with Gasteiger partial charge in [0.15, 0.2) is 5.76 Å². The van der Waals surface area contributed by atoms with Crippen molar-refractivity contribution in [2.24, 2.45) is 0 Å². The van der Waals surface area contributed by atoms with Gasteiger partial charge in [0.05, 0.1) is 11.8 Å². The molecule has 2 aromatic rings. The SMILES string of the molecule is C[C@H]1Cc2[nH]ncc2-c2onc([C@@](C)(O)C(F)(F)F)c21. The fourth-order valence-corrected chi connectivity index (χ4v) is 2.51. The second-order valence-electron chi connectivity index (χ2n) is 5.21. The van der Waals surface area contributed by atoms with E-state index in [1.165, 1.54) is 6.20 Å². The van der Waals surface area contributed by atoms with Crippen LogP contribution in [0.1, 0.15) is 36.7 Å². The van der Waals surface area contributed by atoms with Crippen molar-refractivity contribution >= 4 is 0 Å². The lowest BCUT2D eigenvalue weighted by molar-refractivity contribution is -0.261. The molecule has 1 aliphatic carbocycles.